The van der Waals surface area contributed by atoms with Gasteiger partial charge in [-0.3, -0.25) is 4.79 Å². The van der Waals surface area contributed by atoms with Gasteiger partial charge in [0.25, 0.3) is 5.91 Å². The molecular formula is C19H20N4O2S. The Labute approximate surface area is 156 Å². The average Bonchev–Trinajstić information content (AvgIpc) is 3.35. The first kappa shape index (κ1) is 16.9. The highest BCUT2D eigenvalue weighted by atomic mass is 32.1. The molecule has 1 saturated heterocycles. The lowest BCUT2D eigenvalue weighted by molar-refractivity contribution is -0.0210. The highest BCUT2D eigenvalue weighted by Gasteiger charge is 2.26. The molecule has 1 unspecified atom stereocenters. The summed E-state index contributed by atoms with van der Waals surface area (Å²) in [5, 5.41) is 10.2. The van der Waals surface area contributed by atoms with E-state index in [0.29, 0.717) is 31.9 Å². The average molecular weight is 368 g/mol. The lowest BCUT2D eigenvalue weighted by Gasteiger charge is -2.32. The zero-order valence-corrected chi connectivity index (χ0v) is 15.1. The fourth-order valence-corrected chi connectivity index (χ4v) is 3.80. The molecule has 0 radical (unpaired) electrons. The third-order valence-corrected chi connectivity index (χ3v) is 5.25. The van der Waals surface area contributed by atoms with Crippen molar-refractivity contribution in [1.82, 2.24) is 19.9 Å². The van der Waals surface area contributed by atoms with Crippen LogP contribution < -0.4 is 0 Å². The normalized spacial score (nSPS) is 17.4. The van der Waals surface area contributed by atoms with Crippen LogP contribution in [-0.2, 0) is 17.7 Å². The summed E-state index contributed by atoms with van der Waals surface area (Å²) < 4.78 is 7.55. The van der Waals surface area contributed by atoms with Crippen molar-refractivity contribution in [3.8, 4) is 0 Å². The Morgan fingerprint density at radius 1 is 1.23 bits per heavy atom. The summed E-state index contributed by atoms with van der Waals surface area (Å²) in [6, 6.07) is 14.3. The molecule has 2 aromatic heterocycles. The first-order valence-corrected chi connectivity index (χ1v) is 9.53. The van der Waals surface area contributed by atoms with Gasteiger partial charge in [0.05, 0.1) is 25.5 Å². The molecule has 0 spiro atoms. The number of thiophene rings is 1. The quantitative estimate of drug-likeness (QED) is 0.694. The predicted octanol–water partition coefficient (Wildman–Crippen LogP) is 2.47. The molecule has 1 aromatic carbocycles. The Morgan fingerprint density at radius 3 is 2.92 bits per heavy atom. The van der Waals surface area contributed by atoms with Gasteiger partial charge in [0.15, 0.2) is 5.69 Å². The van der Waals surface area contributed by atoms with Crippen LogP contribution in [0.3, 0.4) is 0 Å². The van der Waals surface area contributed by atoms with Crippen LogP contribution in [0, 0.1) is 0 Å². The van der Waals surface area contributed by atoms with Gasteiger partial charge < -0.3 is 9.64 Å². The minimum atomic E-state index is -0.0798. The summed E-state index contributed by atoms with van der Waals surface area (Å²) in [6.45, 7) is 2.34. The second-order valence-electron chi connectivity index (χ2n) is 6.31. The van der Waals surface area contributed by atoms with Gasteiger partial charge in [0.2, 0.25) is 0 Å². The van der Waals surface area contributed by atoms with Gasteiger partial charge in [-0.25, -0.2) is 4.68 Å². The maximum Gasteiger partial charge on any atom is 0.276 e. The van der Waals surface area contributed by atoms with E-state index in [1.54, 1.807) is 22.2 Å². The SMILES string of the molecule is O=C(c1cn(Cc2cccs2)nn1)N1CCOC(Cc2ccccc2)C1. The van der Waals surface area contributed by atoms with Crippen LogP contribution in [0.5, 0.6) is 0 Å². The van der Waals surface area contributed by atoms with Gasteiger partial charge in [0.1, 0.15) is 0 Å². The fourth-order valence-electron chi connectivity index (χ4n) is 3.10. The summed E-state index contributed by atoms with van der Waals surface area (Å²) in [4.78, 5) is 15.8. The smallest absolute Gasteiger partial charge is 0.276 e. The highest BCUT2D eigenvalue weighted by molar-refractivity contribution is 7.09. The molecule has 7 heteroatoms. The molecule has 1 amide bonds. The number of ether oxygens (including phenoxy) is 1. The monoisotopic (exact) mass is 368 g/mol. The standard InChI is InChI=1S/C19H20N4O2S/c24-19(18-14-23(21-20-18)13-17-7-4-10-26-17)22-8-9-25-16(12-22)11-15-5-2-1-3-6-15/h1-7,10,14,16H,8-9,11-13H2. The van der Waals surface area contributed by atoms with Crippen molar-refractivity contribution in [2.75, 3.05) is 19.7 Å². The fraction of sp³-hybridized carbons (Fsp3) is 0.316. The minimum absolute atomic E-state index is 0.0104. The van der Waals surface area contributed by atoms with E-state index < -0.39 is 0 Å². The summed E-state index contributed by atoms with van der Waals surface area (Å²) in [5.41, 5.74) is 1.61. The largest absolute Gasteiger partial charge is 0.374 e. The van der Waals surface area contributed by atoms with Crippen LogP contribution in [-0.4, -0.2) is 51.6 Å². The van der Waals surface area contributed by atoms with E-state index in [2.05, 4.69) is 22.4 Å². The van der Waals surface area contributed by atoms with Crippen LogP contribution in [0.1, 0.15) is 20.9 Å². The number of hydrogen-bond donors (Lipinski definition) is 0. The second-order valence-corrected chi connectivity index (χ2v) is 7.35. The molecule has 0 saturated carbocycles. The number of nitrogens with zero attached hydrogens (tertiary/aromatic N) is 4. The molecular weight excluding hydrogens is 348 g/mol. The van der Waals surface area contributed by atoms with Crippen molar-refractivity contribution in [1.29, 1.82) is 0 Å². The van der Waals surface area contributed by atoms with Gasteiger partial charge in [-0.15, -0.1) is 16.4 Å². The van der Waals surface area contributed by atoms with Crippen molar-refractivity contribution in [2.24, 2.45) is 0 Å². The van der Waals surface area contributed by atoms with Gasteiger partial charge in [-0.05, 0) is 17.0 Å². The number of benzene rings is 1. The van der Waals surface area contributed by atoms with E-state index in [1.165, 1.54) is 10.4 Å². The van der Waals surface area contributed by atoms with Gasteiger partial charge in [0, 0.05) is 24.4 Å². The molecule has 4 rings (SSSR count). The Hall–Kier alpha value is -2.51. The van der Waals surface area contributed by atoms with E-state index in [0.717, 1.165) is 6.42 Å². The molecule has 3 heterocycles. The molecule has 0 aliphatic carbocycles. The Kier molecular flexibility index (Phi) is 5.08. The van der Waals surface area contributed by atoms with E-state index >= 15 is 0 Å². The number of hydrogen-bond acceptors (Lipinski definition) is 5. The van der Waals surface area contributed by atoms with Crippen LogP contribution in [0.15, 0.2) is 54.0 Å². The van der Waals surface area contributed by atoms with E-state index in [-0.39, 0.29) is 12.0 Å². The Balaban J connectivity index is 1.39. The van der Waals surface area contributed by atoms with E-state index in [9.17, 15) is 4.79 Å². The zero-order chi connectivity index (χ0) is 17.8. The van der Waals surface area contributed by atoms with Crippen molar-refractivity contribution < 1.29 is 9.53 Å². The molecule has 6 nitrogen and oxygen atoms in total. The number of morpholine rings is 1. The third kappa shape index (κ3) is 4.00. The van der Waals surface area contributed by atoms with Crippen molar-refractivity contribution >= 4 is 17.2 Å². The lowest BCUT2D eigenvalue weighted by atomic mass is 10.1. The first-order chi connectivity index (χ1) is 12.8. The molecule has 26 heavy (non-hydrogen) atoms. The van der Waals surface area contributed by atoms with Gasteiger partial charge in [-0.1, -0.05) is 41.6 Å². The molecule has 134 valence electrons. The molecule has 1 fully saturated rings. The molecule has 1 aliphatic rings. The molecule has 1 aliphatic heterocycles. The number of aromatic nitrogens is 3. The predicted molar refractivity (Wildman–Crippen MR) is 99.2 cm³/mol. The van der Waals surface area contributed by atoms with Crippen molar-refractivity contribution in [3.05, 3.63) is 70.2 Å². The molecule has 1 atom stereocenters. The Bertz CT molecular complexity index is 848. The molecule has 3 aromatic rings. The molecule has 0 bridgehead atoms. The van der Waals surface area contributed by atoms with Crippen LogP contribution in [0.2, 0.25) is 0 Å². The minimum Gasteiger partial charge on any atom is -0.374 e. The zero-order valence-electron chi connectivity index (χ0n) is 14.3. The van der Waals surface area contributed by atoms with Gasteiger partial charge >= 0.3 is 0 Å². The van der Waals surface area contributed by atoms with Crippen LogP contribution in [0.25, 0.3) is 0 Å². The van der Waals surface area contributed by atoms with E-state index in [4.69, 9.17) is 4.74 Å². The first-order valence-electron chi connectivity index (χ1n) is 8.65. The van der Waals surface area contributed by atoms with E-state index in [1.807, 2.05) is 40.6 Å². The molecule has 0 N–H and O–H groups in total. The van der Waals surface area contributed by atoms with Crippen molar-refractivity contribution in [2.45, 2.75) is 19.1 Å². The number of carbonyl (C=O) groups is 1. The van der Waals surface area contributed by atoms with Gasteiger partial charge in [-0.2, -0.15) is 0 Å². The maximum absolute atomic E-state index is 12.8. The summed E-state index contributed by atoms with van der Waals surface area (Å²) in [5.74, 6) is -0.0798. The third-order valence-electron chi connectivity index (χ3n) is 4.39. The topological polar surface area (TPSA) is 60.2 Å². The Morgan fingerprint density at radius 2 is 2.12 bits per heavy atom. The van der Waals surface area contributed by atoms with Crippen LogP contribution in [0.4, 0.5) is 0 Å². The highest BCUT2D eigenvalue weighted by Crippen LogP contribution is 2.14. The van der Waals surface area contributed by atoms with Crippen molar-refractivity contribution in [3.63, 3.8) is 0 Å². The number of carbonyl (C=O) groups excluding carboxylic acids is 1. The number of rotatable bonds is 5. The lowest BCUT2D eigenvalue weighted by Crippen LogP contribution is -2.46. The summed E-state index contributed by atoms with van der Waals surface area (Å²) in [7, 11) is 0. The van der Waals surface area contributed by atoms with Crippen LogP contribution >= 0.6 is 11.3 Å². The summed E-state index contributed by atoms with van der Waals surface area (Å²) >= 11 is 1.66. The second kappa shape index (κ2) is 7.80. The summed E-state index contributed by atoms with van der Waals surface area (Å²) in [6.07, 6.45) is 2.54. The number of amides is 1. The maximum atomic E-state index is 12.8.